The van der Waals surface area contributed by atoms with Crippen molar-refractivity contribution < 1.29 is 18.0 Å². The Bertz CT molecular complexity index is 545. The third kappa shape index (κ3) is 5.40. The molecule has 1 saturated heterocycles. The van der Waals surface area contributed by atoms with Gasteiger partial charge in [-0.05, 0) is 20.3 Å². The van der Waals surface area contributed by atoms with Gasteiger partial charge in [-0.1, -0.05) is 0 Å². The van der Waals surface area contributed by atoms with Crippen LogP contribution >= 0.6 is 0 Å². The molecular formula is C15H24F3N5O. The fourth-order valence-corrected chi connectivity index (χ4v) is 2.84. The lowest BCUT2D eigenvalue weighted by molar-refractivity contribution is -0.153. The number of aryl methyl sites for hydroxylation is 2. The molecule has 1 atom stereocenters. The predicted molar refractivity (Wildman–Crippen MR) is 83.6 cm³/mol. The standard InChI is InChI=1S/C15H24F3N5O/c1-12-10-22(8-9-23(12)11-15(16,17)18)14(24)20-4-3-6-21-7-5-19-13(21)2/h5,7,12H,3-4,6,8-11H2,1-2H3,(H,20,24). The molecule has 0 aromatic carbocycles. The van der Waals surface area contributed by atoms with Gasteiger partial charge < -0.3 is 14.8 Å². The van der Waals surface area contributed by atoms with Crippen molar-refractivity contribution >= 4 is 6.03 Å². The van der Waals surface area contributed by atoms with Gasteiger partial charge in [0, 0.05) is 51.2 Å². The second-order valence-corrected chi connectivity index (χ2v) is 6.13. The summed E-state index contributed by atoms with van der Waals surface area (Å²) >= 11 is 0. The molecule has 1 aromatic heterocycles. The molecule has 1 N–H and O–H groups in total. The third-order valence-electron chi connectivity index (χ3n) is 4.21. The van der Waals surface area contributed by atoms with Gasteiger partial charge in [-0.2, -0.15) is 13.2 Å². The van der Waals surface area contributed by atoms with Crippen molar-refractivity contribution in [3.8, 4) is 0 Å². The van der Waals surface area contributed by atoms with Crippen molar-refractivity contribution in [2.75, 3.05) is 32.7 Å². The number of amides is 2. The van der Waals surface area contributed by atoms with Crippen LogP contribution in [0.1, 0.15) is 19.2 Å². The zero-order chi connectivity index (χ0) is 17.7. The molecule has 24 heavy (non-hydrogen) atoms. The van der Waals surface area contributed by atoms with E-state index >= 15 is 0 Å². The molecule has 1 aliphatic heterocycles. The number of carbonyl (C=O) groups excluding carboxylic acids is 1. The van der Waals surface area contributed by atoms with Gasteiger partial charge in [0.25, 0.3) is 0 Å². The molecule has 1 fully saturated rings. The topological polar surface area (TPSA) is 53.4 Å². The van der Waals surface area contributed by atoms with Crippen molar-refractivity contribution in [1.29, 1.82) is 0 Å². The Kier molecular flexibility index (Phi) is 6.09. The first-order valence-corrected chi connectivity index (χ1v) is 8.07. The van der Waals surface area contributed by atoms with E-state index in [1.54, 1.807) is 18.0 Å². The largest absolute Gasteiger partial charge is 0.401 e. The van der Waals surface area contributed by atoms with Gasteiger partial charge in [0.15, 0.2) is 0 Å². The number of alkyl halides is 3. The molecule has 0 aliphatic carbocycles. The lowest BCUT2D eigenvalue weighted by Crippen LogP contribution is -2.57. The van der Waals surface area contributed by atoms with Crippen LogP contribution < -0.4 is 5.32 Å². The first kappa shape index (κ1) is 18.6. The molecule has 0 saturated carbocycles. The number of hydrogen-bond acceptors (Lipinski definition) is 3. The minimum absolute atomic E-state index is 0.212. The Hall–Kier alpha value is -1.77. The van der Waals surface area contributed by atoms with E-state index in [0.717, 1.165) is 18.8 Å². The summed E-state index contributed by atoms with van der Waals surface area (Å²) in [7, 11) is 0. The Balaban J connectivity index is 1.69. The Morgan fingerprint density at radius 3 is 2.75 bits per heavy atom. The molecule has 0 spiro atoms. The van der Waals surface area contributed by atoms with E-state index in [-0.39, 0.29) is 18.6 Å². The Labute approximate surface area is 139 Å². The van der Waals surface area contributed by atoms with Crippen LogP contribution in [-0.2, 0) is 6.54 Å². The summed E-state index contributed by atoms with van der Waals surface area (Å²) in [6.07, 6.45) is 0.186. The summed E-state index contributed by atoms with van der Waals surface area (Å²) in [6.45, 7) is 4.86. The highest BCUT2D eigenvalue weighted by molar-refractivity contribution is 5.74. The van der Waals surface area contributed by atoms with Crippen molar-refractivity contribution in [1.82, 2.24) is 24.7 Å². The SMILES string of the molecule is Cc1nccn1CCCNC(=O)N1CCN(CC(F)(F)F)C(C)C1. The predicted octanol–water partition coefficient (Wildman–Crippen LogP) is 1.86. The van der Waals surface area contributed by atoms with Crippen LogP contribution in [0.2, 0.25) is 0 Å². The average Bonchev–Trinajstić information content (AvgIpc) is 2.89. The minimum Gasteiger partial charge on any atom is -0.338 e. The maximum Gasteiger partial charge on any atom is 0.401 e. The maximum absolute atomic E-state index is 12.5. The number of nitrogens with zero attached hydrogens (tertiary/aromatic N) is 4. The highest BCUT2D eigenvalue weighted by Crippen LogP contribution is 2.20. The highest BCUT2D eigenvalue weighted by atomic mass is 19.4. The number of urea groups is 1. The van der Waals surface area contributed by atoms with E-state index in [0.29, 0.717) is 19.6 Å². The number of piperazine rings is 1. The molecule has 0 bridgehead atoms. The van der Waals surface area contributed by atoms with Gasteiger partial charge in [0.2, 0.25) is 0 Å². The smallest absolute Gasteiger partial charge is 0.338 e. The van der Waals surface area contributed by atoms with Crippen molar-refractivity contribution in [3.05, 3.63) is 18.2 Å². The highest BCUT2D eigenvalue weighted by Gasteiger charge is 2.35. The number of aromatic nitrogens is 2. The molecule has 6 nitrogen and oxygen atoms in total. The molecule has 2 rings (SSSR count). The summed E-state index contributed by atoms with van der Waals surface area (Å²) in [6, 6.07) is -0.518. The van der Waals surface area contributed by atoms with E-state index < -0.39 is 12.7 Å². The summed E-state index contributed by atoms with van der Waals surface area (Å²) in [5, 5.41) is 2.83. The maximum atomic E-state index is 12.5. The minimum atomic E-state index is -4.20. The average molecular weight is 347 g/mol. The Morgan fingerprint density at radius 2 is 2.17 bits per heavy atom. The van der Waals surface area contributed by atoms with E-state index in [1.165, 1.54) is 4.90 Å². The van der Waals surface area contributed by atoms with Gasteiger partial charge in [-0.3, -0.25) is 4.90 Å². The van der Waals surface area contributed by atoms with Crippen molar-refractivity contribution in [3.63, 3.8) is 0 Å². The summed E-state index contributed by atoms with van der Waals surface area (Å²) in [4.78, 5) is 19.2. The number of nitrogens with one attached hydrogen (secondary N) is 1. The van der Waals surface area contributed by atoms with Crippen molar-refractivity contribution in [2.24, 2.45) is 0 Å². The first-order chi connectivity index (χ1) is 11.3. The van der Waals surface area contributed by atoms with E-state index in [9.17, 15) is 18.0 Å². The molecule has 2 amide bonds. The second-order valence-electron chi connectivity index (χ2n) is 6.13. The third-order valence-corrected chi connectivity index (χ3v) is 4.21. The Morgan fingerprint density at radius 1 is 1.42 bits per heavy atom. The van der Waals surface area contributed by atoms with Gasteiger partial charge in [0.1, 0.15) is 5.82 Å². The number of rotatable bonds is 5. The van der Waals surface area contributed by atoms with Crippen LogP contribution in [0.15, 0.2) is 12.4 Å². The zero-order valence-electron chi connectivity index (χ0n) is 14.0. The molecule has 0 radical (unpaired) electrons. The number of halogens is 3. The lowest BCUT2D eigenvalue weighted by atomic mass is 10.2. The van der Waals surface area contributed by atoms with Crippen LogP contribution in [0.3, 0.4) is 0 Å². The van der Waals surface area contributed by atoms with E-state index in [4.69, 9.17) is 0 Å². The summed E-state index contributed by atoms with van der Waals surface area (Å²) in [5.74, 6) is 0.927. The van der Waals surface area contributed by atoms with Crippen molar-refractivity contribution in [2.45, 2.75) is 39.0 Å². The molecule has 9 heteroatoms. The number of carbonyl (C=O) groups is 1. The van der Waals surface area contributed by atoms with Gasteiger partial charge in [-0.25, -0.2) is 9.78 Å². The van der Waals surface area contributed by atoms with Gasteiger partial charge in [-0.15, -0.1) is 0 Å². The molecule has 1 aliphatic rings. The molecular weight excluding hydrogens is 323 g/mol. The molecule has 136 valence electrons. The van der Waals surface area contributed by atoms with E-state index in [1.807, 2.05) is 17.7 Å². The van der Waals surface area contributed by atoms with Crippen LogP contribution in [0.4, 0.5) is 18.0 Å². The fourth-order valence-electron chi connectivity index (χ4n) is 2.84. The normalized spacial score (nSPS) is 19.5. The molecule has 1 unspecified atom stereocenters. The number of imidazole rings is 1. The number of hydrogen-bond donors (Lipinski definition) is 1. The summed E-state index contributed by atoms with van der Waals surface area (Å²) in [5.41, 5.74) is 0. The van der Waals surface area contributed by atoms with E-state index in [2.05, 4.69) is 10.3 Å². The summed E-state index contributed by atoms with van der Waals surface area (Å²) < 4.78 is 39.4. The molecule has 2 heterocycles. The molecule has 1 aromatic rings. The van der Waals surface area contributed by atoms with Crippen LogP contribution in [0, 0.1) is 6.92 Å². The zero-order valence-corrected chi connectivity index (χ0v) is 14.0. The van der Waals surface area contributed by atoms with Crippen LogP contribution in [-0.4, -0.2) is 70.3 Å². The van der Waals surface area contributed by atoms with Crippen LogP contribution in [0.25, 0.3) is 0 Å². The van der Waals surface area contributed by atoms with Crippen LogP contribution in [0.5, 0.6) is 0 Å². The van der Waals surface area contributed by atoms with Gasteiger partial charge >= 0.3 is 12.2 Å². The fraction of sp³-hybridized carbons (Fsp3) is 0.733. The second kappa shape index (κ2) is 7.87. The first-order valence-electron chi connectivity index (χ1n) is 8.07. The quantitative estimate of drug-likeness (QED) is 0.828. The van der Waals surface area contributed by atoms with Gasteiger partial charge in [0.05, 0.1) is 6.54 Å². The lowest BCUT2D eigenvalue weighted by Gasteiger charge is -2.39. The monoisotopic (exact) mass is 347 g/mol.